The lowest BCUT2D eigenvalue weighted by Gasteiger charge is -2.42. The largest absolute Gasteiger partial charge is 0.458 e. The van der Waals surface area contributed by atoms with E-state index in [4.69, 9.17) is 4.74 Å². The third kappa shape index (κ3) is 8.77. The van der Waals surface area contributed by atoms with Crippen molar-refractivity contribution in [3.8, 4) is 50.6 Å². The Kier molecular flexibility index (Phi) is 11.8. The molecular weight excluding hydrogens is 944 g/mol. The Morgan fingerprint density at radius 3 is 1.37 bits per heavy atom. The van der Waals surface area contributed by atoms with Gasteiger partial charge in [-0.3, -0.25) is 0 Å². The minimum atomic E-state index is -0.187. The maximum atomic E-state index is 7.56. The number of nitrogens with zero attached hydrogens (tertiary/aromatic N) is 2. The van der Waals surface area contributed by atoms with Crippen LogP contribution in [0, 0.1) is 0 Å². The molecule has 0 fully saturated rings. The number of rotatable bonds is 5. The van der Waals surface area contributed by atoms with Crippen LogP contribution in [0.1, 0.15) is 132 Å². The first-order valence-electron chi connectivity index (χ1n) is 28.3. The quantitative estimate of drug-likeness (QED) is 0.160. The van der Waals surface area contributed by atoms with Crippen LogP contribution in [0.3, 0.4) is 0 Å². The maximum absolute atomic E-state index is 7.56. The van der Waals surface area contributed by atoms with Gasteiger partial charge in [-0.1, -0.05) is 231 Å². The van der Waals surface area contributed by atoms with E-state index in [0.29, 0.717) is 0 Å². The first-order valence-corrected chi connectivity index (χ1v) is 28.3. The number of hydrogen-bond acceptors (Lipinski definition) is 2. The summed E-state index contributed by atoms with van der Waals surface area (Å²) in [6, 6.07) is 69.4. The molecule has 0 radical (unpaired) electrons. The number of para-hydroxylation sites is 1. The van der Waals surface area contributed by atoms with Gasteiger partial charge >= 0.3 is 0 Å². The Labute approximate surface area is 465 Å². The number of hydrogen-bond donors (Lipinski definition) is 0. The molecule has 0 unspecified atom stereocenters. The van der Waals surface area contributed by atoms with E-state index in [0.717, 1.165) is 28.6 Å². The zero-order chi connectivity index (χ0) is 55.0. The molecule has 0 aliphatic carbocycles. The van der Waals surface area contributed by atoms with Crippen LogP contribution in [-0.4, -0.2) is 11.3 Å². The van der Waals surface area contributed by atoms with Crippen molar-refractivity contribution >= 4 is 62.0 Å². The Hall–Kier alpha value is -7.56. The van der Waals surface area contributed by atoms with Gasteiger partial charge in [0, 0.05) is 45.0 Å². The topological polar surface area (TPSA) is 17.4 Å². The van der Waals surface area contributed by atoms with E-state index in [1.54, 1.807) is 0 Å². The van der Waals surface area contributed by atoms with E-state index in [2.05, 4.69) is 295 Å². The Bertz CT molecular complexity index is 3850. The second-order valence-corrected chi connectivity index (χ2v) is 27.6. The van der Waals surface area contributed by atoms with E-state index in [9.17, 15) is 0 Å². The van der Waals surface area contributed by atoms with Gasteiger partial charge in [0.15, 0.2) is 0 Å². The zero-order valence-corrected chi connectivity index (χ0v) is 48.7. The molecule has 2 aliphatic heterocycles. The van der Waals surface area contributed by atoms with Gasteiger partial charge in [-0.25, -0.2) is 0 Å². The van der Waals surface area contributed by atoms with Crippen LogP contribution in [0.4, 0.5) is 17.1 Å². The van der Waals surface area contributed by atoms with Crippen LogP contribution in [-0.2, 0) is 27.1 Å². The molecule has 0 bridgehead atoms. The van der Waals surface area contributed by atoms with Crippen LogP contribution in [0.25, 0.3) is 60.9 Å². The van der Waals surface area contributed by atoms with Crippen molar-refractivity contribution in [2.45, 2.75) is 131 Å². The molecule has 3 heterocycles. The summed E-state index contributed by atoms with van der Waals surface area (Å²) >= 11 is 0. The molecule has 4 heteroatoms. The molecule has 390 valence electrons. The summed E-state index contributed by atoms with van der Waals surface area (Å²) in [7, 11) is 0. The third-order valence-corrected chi connectivity index (χ3v) is 16.8. The minimum absolute atomic E-state index is 0.00477. The van der Waals surface area contributed by atoms with Crippen LogP contribution in [0.2, 0.25) is 0 Å². The van der Waals surface area contributed by atoms with Gasteiger partial charge in [-0.2, -0.15) is 0 Å². The number of anilines is 3. The molecule has 0 saturated carbocycles. The zero-order valence-electron chi connectivity index (χ0n) is 48.7. The van der Waals surface area contributed by atoms with E-state index < -0.39 is 0 Å². The molecule has 12 rings (SSSR count). The van der Waals surface area contributed by atoms with Crippen molar-refractivity contribution < 1.29 is 4.74 Å². The lowest BCUT2D eigenvalue weighted by molar-refractivity contribution is 0.483. The van der Waals surface area contributed by atoms with Crippen LogP contribution in [0.5, 0.6) is 11.5 Å². The smallest absolute Gasteiger partial charge is 0.256 e. The molecule has 0 N–H and O–H groups in total. The summed E-state index contributed by atoms with van der Waals surface area (Å²) in [6.07, 6.45) is 0. The average molecular weight is 1020 g/mol. The highest BCUT2D eigenvalue weighted by molar-refractivity contribution is 6.99. The summed E-state index contributed by atoms with van der Waals surface area (Å²) < 4.78 is 10.0. The average Bonchev–Trinajstić information content (AvgIpc) is 3.21. The van der Waals surface area contributed by atoms with Crippen molar-refractivity contribution in [1.82, 2.24) is 4.57 Å². The highest BCUT2D eigenvalue weighted by Crippen LogP contribution is 2.51. The number of ether oxygens (including phenoxy) is 1. The third-order valence-electron chi connectivity index (χ3n) is 16.8. The molecule has 78 heavy (non-hydrogen) atoms. The molecule has 9 aromatic carbocycles. The van der Waals surface area contributed by atoms with Crippen molar-refractivity contribution in [2.24, 2.45) is 0 Å². The van der Waals surface area contributed by atoms with Gasteiger partial charge < -0.3 is 14.2 Å². The molecule has 0 amide bonds. The van der Waals surface area contributed by atoms with E-state index in [1.807, 2.05) is 0 Å². The van der Waals surface area contributed by atoms with E-state index in [-0.39, 0.29) is 33.8 Å². The Balaban J connectivity index is 1.16. The molecule has 2 aliphatic rings. The fourth-order valence-corrected chi connectivity index (χ4v) is 12.1. The van der Waals surface area contributed by atoms with Crippen molar-refractivity contribution in [1.29, 1.82) is 0 Å². The summed E-state index contributed by atoms with van der Waals surface area (Å²) in [5.74, 6) is 1.79. The first-order chi connectivity index (χ1) is 36.8. The van der Waals surface area contributed by atoms with Gasteiger partial charge in [0.2, 0.25) is 0 Å². The first kappa shape index (κ1) is 51.2. The predicted octanol–water partition coefficient (Wildman–Crippen LogP) is 18.7. The second-order valence-electron chi connectivity index (χ2n) is 27.6. The normalized spacial score (nSPS) is 13.6. The molecule has 0 saturated heterocycles. The highest BCUT2D eigenvalue weighted by Gasteiger charge is 2.44. The van der Waals surface area contributed by atoms with Crippen LogP contribution >= 0.6 is 0 Å². The van der Waals surface area contributed by atoms with Crippen molar-refractivity contribution in [3.63, 3.8) is 0 Å². The van der Waals surface area contributed by atoms with Gasteiger partial charge in [-0.05, 0) is 142 Å². The summed E-state index contributed by atoms with van der Waals surface area (Å²) in [5, 5.41) is 2.55. The second kappa shape index (κ2) is 18.0. The summed E-state index contributed by atoms with van der Waals surface area (Å²) in [5.41, 5.74) is 24.0. The van der Waals surface area contributed by atoms with Crippen LogP contribution < -0.4 is 26.0 Å². The maximum Gasteiger partial charge on any atom is 0.256 e. The van der Waals surface area contributed by atoms with Crippen LogP contribution in [0.15, 0.2) is 182 Å². The van der Waals surface area contributed by atoms with Gasteiger partial charge in [0.05, 0.1) is 16.7 Å². The summed E-state index contributed by atoms with van der Waals surface area (Å²) in [4.78, 5) is 2.60. The van der Waals surface area contributed by atoms with Gasteiger partial charge in [0.25, 0.3) is 6.71 Å². The number of benzene rings is 9. The van der Waals surface area contributed by atoms with Gasteiger partial charge in [-0.15, -0.1) is 0 Å². The lowest BCUT2D eigenvalue weighted by Crippen LogP contribution is -2.59. The summed E-state index contributed by atoms with van der Waals surface area (Å²) in [6.45, 7) is 34.7. The molecule has 3 nitrogen and oxygen atoms in total. The van der Waals surface area contributed by atoms with E-state index >= 15 is 0 Å². The van der Waals surface area contributed by atoms with E-state index in [1.165, 1.54) is 105 Å². The minimum Gasteiger partial charge on any atom is -0.458 e. The molecule has 10 aromatic rings. The fraction of sp³-hybridized carbons (Fsp3) is 0.270. The van der Waals surface area contributed by atoms with Crippen molar-refractivity contribution in [2.75, 3.05) is 4.90 Å². The molecule has 0 atom stereocenters. The Morgan fingerprint density at radius 1 is 0.346 bits per heavy atom. The molecule has 1 aromatic heterocycles. The molecular formula is C74H75BN2O. The van der Waals surface area contributed by atoms with Crippen molar-refractivity contribution in [3.05, 3.63) is 210 Å². The highest BCUT2D eigenvalue weighted by atomic mass is 16.5. The SMILES string of the molecule is CC(C)(C)c1cc(-c2ccc3c(c2)B2c4ccc(-n5c6ccc(C(C)(C)C)cc6c6cc(C(C)(C)C)ccc65)cc4Oc4cc(C(C)(C)C)cc(c42)N3c2c(-c3ccccc3)cccc2-c2ccccc2)cc(C(C)(C)C)c1. The lowest BCUT2D eigenvalue weighted by atomic mass is 9.34. The Morgan fingerprint density at radius 2 is 0.859 bits per heavy atom. The predicted molar refractivity (Wildman–Crippen MR) is 336 cm³/mol. The fourth-order valence-electron chi connectivity index (χ4n) is 12.1. The monoisotopic (exact) mass is 1020 g/mol. The molecule has 0 spiro atoms. The van der Waals surface area contributed by atoms with Gasteiger partial charge in [0.1, 0.15) is 11.5 Å². The number of aromatic nitrogens is 1. The standard InChI is InChI=1S/C74H75BN2O/c1-70(2,3)50-30-35-62-58(41-50)59-42-51(71(4,5)6)31-36-63(59)76(62)55-32-33-60-66(45-55)78-67-44-54(74(13,14)15)43-65-68(67)75(60)61-39-48(49-37-52(72(7,8)9)40-53(38-49)73(10,11)12)29-34-64(61)77(65)69-56(46-23-18-16-19-24-46)27-22-28-57(69)47-25-20-17-21-26-47/h16-45H,1-15H3. The number of fused-ring (bicyclic) bond motifs is 7.